The first-order valence-corrected chi connectivity index (χ1v) is 11.3. The number of anilines is 1. The van der Waals surface area contributed by atoms with E-state index in [1.54, 1.807) is 23.1 Å². The fourth-order valence-electron chi connectivity index (χ4n) is 3.09. The third-order valence-electron chi connectivity index (χ3n) is 4.77. The molecular formula is C19H23N3O4S2. The topological polar surface area (TPSA) is 86.8 Å². The number of rotatable bonds is 5. The number of hydrogen-bond acceptors (Lipinski definition) is 5. The Labute approximate surface area is 169 Å². The Morgan fingerprint density at radius 1 is 1.14 bits per heavy atom. The van der Waals surface area contributed by atoms with Gasteiger partial charge in [-0.15, -0.1) is 11.3 Å². The van der Waals surface area contributed by atoms with Gasteiger partial charge in [-0.2, -0.15) is 0 Å². The summed E-state index contributed by atoms with van der Waals surface area (Å²) in [7, 11) is -0.631. The molecule has 9 heteroatoms. The van der Waals surface area contributed by atoms with Gasteiger partial charge in [0.2, 0.25) is 15.9 Å². The van der Waals surface area contributed by atoms with Gasteiger partial charge in [-0.3, -0.25) is 9.59 Å². The molecule has 1 saturated heterocycles. The lowest BCUT2D eigenvalue weighted by molar-refractivity contribution is -0.121. The molecule has 1 N–H and O–H groups in total. The summed E-state index contributed by atoms with van der Waals surface area (Å²) >= 11 is 1.42. The highest BCUT2D eigenvalue weighted by atomic mass is 32.2. The maximum absolute atomic E-state index is 12.6. The van der Waals surface area contributed by atoms with Gasteiger partial charge in [0, 0.05) is 38.8 Å². The van der Waals surface area contributed by atoms with E-state index in [-0.39, 0.29) is 22.6 Å². The van der Waals surface area contributed by atoms with Gasteiger partial charge in [-0.1, -0.05) is 12.1 Å². The fourth-order valence-corrected chi connectivity index (χ4v) is 4.73. The van der Waals surface area contributed by atoms with Crippen LogP contribution >= 0.6 is 11.3 Å². The molecule has 0 unspecified atom stereocenters. The molecule has 3 rings (SSSR count). The minimum atomic E-state index is -3.56. The molecule has 0 radical (unpaired) electrons. The molecule has 0 atom stereocenters. The number of nitrogens with zero attached hydrogens (tertiary/aromatic N) is 2. The molecule has 7 nitrogen and oxygen atoms in total. The van der Waals surface area contributed by atoms with Crippen LogP contribution in [0.4, 0.5) is 5.69 Å². The van der Waals surface area contributed by atoms with Crippen molar-refractivity contribution < 1.29 is 18.0 Å². The first-order valence-electron chi connectivity index (χ1n) is 8.95. The van der Waals surface area contributed by atoms with Crippen LogP contribution in [0.5, 0.6) is 0 Å². The highest BCUT2D eigenvalue weighted by Gasteiger charge is 2.28. The van der Waals surface area contributed by atoms with E-state index in [9.17, 15) is 18.0 Å². The number of carbonyl (C=O) groups is 2. The number of amides is 2. The fraction of sp³-hybridized carbons (Fsp3) is 0.368. The molecule has 1 aromatic heterocycles. The first kappa shape index (κ1) is 20.5. The Balaban J connectivity index is 1.60. The minimum Gasteiger partial charge on any atom is -0.338 e. The van der Waals surface area contributed by atoms with Crippen LogP contribution in [0.2, 0.25) is 0 Å². The molecule has 2 heterocycles. The number of piperidine rings is 1. The summed E-state index contributed by atoms with van der Waals surface area (Å²) in [6.45, 7) is 1.06. The second kappa shape index (κ2) is 8.42. The van der Waals surface area contributed by atoms with E-state index in [1.165, 1.54) is 37.6 Å². The first-order chi connectivity index (χ1) is 13.3. The lowest BCUT2D eigenvalue weighted by Crippen LogP contribution is -2.41. The van der Waals surface area contributed by atoms with E-state index in [1.807, 2.05) is 11.4 Å². The third-order valence-corrected chi connectivity index (χ3v) is 7.43. The number of hydrogen-bond donors (Lipinski definition) is 1. The second-order valence-corrected chi connectivity index (χ2v) is 9.95. The molecule has 28 heavy (non-hydrogen) atoms. The van der Waals surface area contributed by atoms with Crippen molar-refractivity contribution in [2.75, 3.05) is 32.5 Å². The summed E-state index contributed by atoms with van der Waals surface area (Å²) in [4.78, 5) is 27.6. The summed E-state index contributed by atoms with van der Waals surface area (Å²) < 4.78 is 25.6. The smallest absolute Gasteiger partial charge is 0.263 e. The molecule has 150 valence electrons. The normalized spacial score (nSPS) is 15.6. The van der Waals surface area contributed by atoms with Crippen molar-refractivity contribution in [3.63, 3.8) is 0 Å². The number of benzene rings is 1. The maximum Gasteiger partial charge on any atom is 0.263 e. The summed E-state index contributed by atoms with van der Waals surface area (Å²) in [6.07, 6.45) is 1.16. The van der Waals surface area contributed by atoms with Gasteiger partial charge < -0.3 is 10.2 Å². The molecule has 0 spiro atoms. The molecule has 0 bridgehead atoms. The minimum absolute atomic E-state index is 0.00968. The summed E-state index contributed by atoms with van der Waals surface area (Å²) in [5, 5.41) is 4.68. The molecule has 1 aliphatic rings. The summed E-state index contributed by atoms with van der Waals surface area (Å²) in [5.41, 5.74) is 0.449. The number of carbonyl (C=O) groups excluding carboxylic acids is 2. The molecule has 2 amide bonds. The zero-order valence-corrected chi connectivity index (χ0v) is 17.4. The molecular weight excluding hydrogens is 398 g/mol. The zero-order chi connectivity index (χ0) is 20.3. The van der Waals surface area contributed by atoms with Crippen LogP contribution in [0.1, 0.15) is 22.5 Å². The van der Waals surface area contributed by atoms with Crippen molar-refractivity contribution in [1.82, 2.24) is 9.21 Å². The van der Waals surface area contributed by atoms with Gasteiger partial charge in [0.15, 0.2) is 0 Å². The zero-order valence-electron chi connectivity index (χ0n) is 15.8. The van der Waals surface area contributed by atoms with Gasteiger partial charge in [0.1, 0.15) is 0 Å². The Morgan fingerprint density at radius 2 is 1.86 bits per heavy atom. The van der Waals surface area contributed by atoms with Crippen molar-refractivity contribution in [3.8, 4) is 0 Å². The average molecular weight is 422 g/mol. The molecule has 0 aliphatic carbocycles. The van der Waals surface area contributed by atoms with Crippen LogP contribution in [0, 0.1) is 5.92 Å². The van der Waals surface area contributed by atoms with Crippen LogP contribution in [-0.4, -0.2) is 56.6 Å². The Bertz CT molecular complexity index is 947. The standard InChI is InChI=1S/C19H23N3O4S2/c1-21(2)28(25,26)16-6-3-5-15(13-16)20-18(23)14-8-10-22(11-9-14)19(24)17-7-4-12-27-17/h3-7,12-14H,8-11H2,1-2H3,(H,20,23). The van der Waals surface area contributed by atoms with E-state index in [0.29, 0.717) is 36.5 Å². The van der Waals surface area contributed by atoms with E-state index >= 15 is 0 Å². The van der Waals surface area contributed by atoms with Crippen LogP contribution in [0.3, 0.4) is 0 Å². The Morgan fingerprint density at radius 3 is 2.46 bits per heavy atom. The molecule has 1 aromatic carbocycles. The van der Waals surface area contributed by atoms with Crippen molar-refractivity contribution in [2.24, 2.45) is 5.92 Å². The number of nitrogens with one attached hydrogen (secondary N) is 1. The molecule has 0 saturated carbocycles. The summed E-state index contributed by atoms with van der Waals surface area (Å²) in [5.74, 6) is -0.348. The monoisotopic (exact) mass is 421 g/mol. The molecule has 2 aromatic rings. The van der Waals surface area contributed by atoms with Crippen LogP contribution in [0.15, 0.2) is 46.7 Å². The predicted molar refractivity (Wildman–Crippen MR) is 109 cm³/mol. The van der Waals surface area contributed by atoms with Crippen molar-refractivity contribution in [3.05, 3.63) is 46.7 Å². The van der Waals surface area contributed by atoms with Crippen LogP contribution in [-0.2, 0) is 14.8 Å². The Kier molecular flexibility index (Phi) is 6.17. The van der Waals surface area contributed by atoms with Crippen molar-refractivity contribution in [2.45, 2.75) is 17.7 Å². The lowest BCUT2D eigenvalue weighted by atomic mass is 9.95. The van der Waals surface area contributed by atoms with E-state index in [2.05, 4.69) is 5.32 Å². The predicted octanol–water partition coefficient (Wildman–Crippen LogP) is 2.49. The quantitative estimate of drug-likeness (QED) is 0.804. The van der Waals surface area contributed by atoms with Gasteiger partial charge in [0.25, 0.3) is 5.91 Å². The average Bonchev–Trinajstić information content (AvgIpc) is 3.22. The van der Waals surface area contributed by atoms with E-state index in [4.69, 9.17) is 0 Å². The van der Waals surface area contributed by atoms with Crippen molar-refractivity contribution in [1.29, 1.82) is 0 Å². The summed E-state index contributed by atoms with van der Waals surface area (Å²) in [6, 6.07) is 9.89. The van der Waals surface area contributed by atoms with E-state index < -0.39 is 10.0 Å². The third kappa shape index (κ3) is 4.43. The second-order valence-electron chi connectivity index (χ2n) is 6.85. The SMILES string of the molecule is CN(C)S(=O)(=O)c1cccc(NC(=O)C2CCN(C(=O)c3cccs3)CC2)c1. The van der Waals surface area contributed by atoms with Crippen molar-refractivity contribution >= 4 is 38.9 Å². The van der Waals surface area contributed by atoms with Crippen LogP contribution in [0.25, 0.3) is 0 Å². The van der Waals surface area contributed by atoms with Gasteiger partial charge in [-0.05, 0) is 42.5 Å². The number of sulfonamides is 1. The number of likely N-dealkylation sites (tertiary alicyclic amines) is 1. The maximum atomic E-state index is 12.6. The highest BCUT2D eigenvalue weighted by Crippen LogP contribution is 2.23. The lowest BCUT2D eigenvalue weighted by Gasteiger charge is -2.31. The molecule has 1 aliphatic heterocycles. The van der Waals surface area contributed by atoms with Crippen LogP contribution < -0.4 is 5.32 Å². The van der Waals surface area contributed by atoms with Gasteiger partial charge in [0.05, 0.1) is 9.77 Å². The van der Waals surface area contributed by atoms with E-state index in [0.717, 1.165) is 4.31 Å². The van der Waals surface area contributed by atoms with Gasteiger partial charge >= 0.3 is 0 Å². The molecule has 1 fully saturated rings. The van der Waals surface area contributed by atoms with Gasteiger partial charge in [-0.25, -0.2) is 12.7 Å². The Hall–Kier alpha value is -2.23. The largest absolute Gasteiger partial charge is 0.338 e. The number of thiophene rings is 1. The highest BCUT2D eigenvalue weighted by molar-refractivity contribution is 7.89.